The fraction of sp³-hybridized carbons (Fsp3) is 0.317. The van der Waals surface area contributed by atoms with E-state index < -0.39 is 76.5 Å². The van der Waals surface area contributed by atoms with Crippen LogP contribution in [0.2, 0.25) is 0 Å². The van der Waals surface area contributed by atoms with Gasteiger partial charge in [-0.15, -0.1) is 20.2 Å². The molecule has 0 amide bonds. The number of methoxy groups -OCH3 is 1. The average Bonchev–Trinajstić information content (AvgIpc) is 3.29. The summed E-state index contributed by atoms with van der Waals surface area (Å²) in [4.78, 5) is 72.5. The highest BCUT2D eigenvalue weighted by Gasteiger charge is 2.35. The predicted molar refractivity (Wildman–Crippen MR) is 226 cm³/mol. The number of aromatic nitrogens is 4. The quantitative estimate of drug-likeness (QED) is 0.0166. The third-order valence-corrected chi connectivity index (χ3v) is 10.4. The lowest BCUT2D eigenvalue weighted by molar-refractivity contribution is -0.763. The number of carbonyl (C=O) groups excluding carboxylic acids is 2. The van der Waals surface area contributed by atoms with Gasteiger partial charge in [-0.2, -0.15) is 4.98 Å². The summed E-state index contributed by atoms with van der Waals surface area (Å²) in [5.74, 6) is -1.66. The molecule has 0 aliphatic rings. The molecule has 2 heterocycles. The summed E-state index contributed by atoms with van der Waals surface area (Å²) < 4.78 is 69.0. The normalized spacial score (nSPS) is 11.1. The Hall–Kier alpha value is -8.09. The van der Waals surface area contributed by atoms with Crippen LogP contribution in [0.3, 0.4) is 0 Å². The van der Waals surface area contributed by atoms with Crippen LogP contribution in [0.5, 0.6) is 28.9 Å². The summed E-state index contributed by atoms with van der Waals surface area (Å²) in [6.07, 6.45) is 0.569. The second-order valence-electron chi connectivity index (χ2n) is 14.3. The first kappa shape index (κ1) is 48.9. The molecule has 5 rings (SSSR count). The number of benzene rings is 3. The Morgan fingerprint density at radius 3 is 2.11 bits per heavy atom. The number of hydrogen-bond donors (Lipinski definition) is 0. The summed E-state index contributed by atoms with van der Waals surface area (Å²) in [5.41, 5.74) is 0.782. The van der Waals surface area contributed by atoms with Crippen molar-refractivity contribution < 1.29 is 71.0 Å². The van der Waals surface area contributed by atoms with Crippen LogP contribution in [-0.4, -0.2) is 91.1 Å². The molecule has 5 aromatic rings. The van der Waals surface area contributed by atoms with E-state index in [4.69, 9.17) is 33.2 Å². The molecular formula is C41H43N7O17S. The van der Waals surface area contributed by atoms with E-state index in [0.717, 1.165) is 5.56 Å². The highest BCUT2D eigenvalue weighted by Crippen LogP contribution is 2.44. The van der Waals surface area contributed by atoms with Crippen molar-refractivity contribution in [1.82, 2.24) is 19.9 Å². The summed E-state index contributed by atoms with van der Waals surface area (Å²) in [6, 6.07) is 19.5. The zero-order chi connectivity index (χ0) is 47.7. The lowest BCUT2D eigenvalue weighted by Crippen LogP contribution is -2.36. The molecule has 0 fully saturated rings. The Morgan fingerprint density at radius 2 is 1.42 bits per heavy atom. The number of sulfonamides is 1. The van der Waals surface area contributed by atoms with Crippen molar-refractivity contribution in [2.45, 2.75) is 50.5 Å². The zero-order valence-corrected chi connectivity index (χ0v) is 36.6. The van der Waals surface area contributed by atoms with E-state index in [1.54, 1.807) is 30.3 Å². The summed E-state index contributed by atoms with van der Waals surface area (Å²) in [6.45, 7) is 2.91. The van der Waals surface area contributed by atoms with Crippen molar-refractivity contribution in [3.05, 3.63) is 123 Å². The van der Waals surface area contributed by atoms with Gasteiger partial charge in [-0.05, 0) is 71.8 Å². The molecule has 66 heavy (non-hydrogen) atoms. The smallest absolute Gasteiger partial charge is 0.493 e. The number of carbonyl (C=O) groups is 2. The molecular weight excluding hydrogens is 895 g/mol. The van der Waals surface area contributed by atoms with E-state index in [1.807, 2.05) is 20.8 Å². The molecule has 24 nitrogen and oxygen atoms in total. The van der Waals surface area contributed by atoms with Gasteiger partial charge < -0.3 is 42.8 Å². The topological polar surface area (TPSA) is 292 Å². The number of nitrogens with zero attached hydrogens (tertiary/aromatic N) is 7. The van der Waals surface area contributed by atoms with Crippen molar-refractivity contribution in [2.24, 2.45) is 0 Å². The Bertz CT molecular complexity index is 2560. The third kappa shape index (κ3) is 14.2. The van der Waals surface area contributed by atoms with Crippen LogP contribution in [0.1, 0.15) is 44.7 Å². The second-order valence-corrected chi connectivity index (χ2v) is 16.1. The number of hydrogen-bond acceptors (Lipinski definition) is 21. The van der Waals surface area contributed by atoms with Gasteiger partial charge in [-0.25, -0.2) is 37.3 Å². The Kier molecular flexibility index (Phi) is 17.1. The highest BCUT2D eigenvalue weighted by atomic mass is 32.2. The van der Waals surface area contributed by atoms with Gasteiger partial charge in [0.25, 0.3) is 26.1 Å². The molecule has 25 heteroatoms. The molecule has 0 radical (unpaired) electrons. The maximum atomic E-state index is 14.9. The summed E-state index contributed by atoms with van der Waals surface area (Å²) >= 11 is 0. The van der Waals surface area contributed by atoms with Gasteiger partial charge in [-0.3, -0.25) is 0 Å². The first-order valence-electron chi connectivity index (χ1n) is 19.6. The number of unbranched alkanes of at least 4 members (excludes halogenated alkanes) is 1. The van der Waals surface area contributed by atoms with Gasteiger partial charge in [0.2, 0.25) is 11.6 Å². The standard InChI is InChI=1S/C41H43N7O17S/c1-41(2,3)29-15-17-31(18-16-29)66(55,56)46(27-61-39(49)59-21-7-8-22-62-47(51)52)37-34(65-33-14-6-5-13-32(33)57-4)38(45-36(44-37)35-42-19-10-20-43-35)58-23-24-60-40(50)64-30-12-9-11-28(25-30)26-63-48(53)54/h5-6,9-20,25H,7-8,21-24,26-27H2,1-4H3. The van der Waals surface area contributed by atoms with Crippen LogP contribution in [0.15, 0.2) is 96.2 Å². The second kappa shape index (κ2) is 23.0. The van der Waals surface area contributed by atoms with Crippen molar-refractivity contribution in [3.63, 3.8) is 0 Å². The largest absolute Gasteiger partial charge is 0.513 e. The van der Waals surface area contributed by atoms with Gasteiger partial charge >= 0.3 is 12.3 Å². The van der Waals surface area contributed by atoms with E-state index in [0.29, 0.717) is 9.87 Å². The monoisotopic (exact) mass is 937 g/mol. The van der Waals surface area contributed by atoms with Crippen molar-refractivity contribution in [1.29, 1.82) is 0 Å². The molecule has 0 atom stereocenters. The van der Waals surface area contributed by atoms with Crippen LogP contribution in [0.25, 0.3) is 11.6 Å². The molecule has 0 N–H and O–H groups in total. The van der Waals surface area contributed by atoms with E-state index in [1.165, 1.54) is 68.0 Å². The minimum Gasteiger partial charge on any atom is -0.493 e. The minimum atomic E-state index is -4.78. The number of ether oxygens (including phenoxy) is 7. The third-order valence-electron chi connectivity index (χ3n) is 8.64. The molecule has 0 spiro atoms. The maximum absolute atomic E-state index is 14.9. The maximum Gasteiger partial charge on any atom is 0.513 e. The molecule has 0 bridgehead atoms. The van der Waals surface area contributed by atoms with Gasteiger partial charge in [0.1, 0.15) is 25.6 Å². The SMILES string of the molecule is COc1ccccc1Oc1c(OCCOC(=O)Oc2cccc(CO[N+](=O)[O-])c2)nc(-c2ncccn2)nc1N(COC(=O)OCCCCO[N+](=O)[O-])S(=O)(=O)c1ccc(C(C)(C)C)cc1. The van der Waals surface area contributed by atoms with Crippen LogP contribution < -0.4 is 23.3 Å². The molecule has 350 valence electrons. The van der Waals surface area contributed by atoms with Crippen LogP contribution in [0, 0.1) is 20.2 Å². The average molecular weight is 938 g/mol. The van der Waals surface area contributed by atoms with Gasteiger partial charge in [0.05, 0.1) is 25.2 Å². The molecule has 0 saturated carbocycles. The Balaban J connectivity index is 1.54. The minimum absolute atomic E-state index is 0.00598. The van der Waals surface area contributed by atoms with Gasteiger partial charge in [-0.1, -0.05) is 57.2 Å². The van der Waals surface area contributed by atoms with Crippen molar-refractivity contribution in [2.75, 3.05) is 44.6 Å². The van der Waals surface area contributed by atoms with E-state index >= 15 is 0 Å². The van der Waals surface area contributed by atoms with Crippen LogP contribution in [0.4, 0.5) is 15.4 Å². The number of rotatable bonds is 23. The van der Waals surface area contributed by atoms with Crippen molar-refractivity contribution >= 4 is 28.2 Å². The van der Waals surface area contributed by atoms with Crippen LogP contribution in [-0.2, 0) is 45.9 Å². The Labute approximate surface area is 376 Å². The van der Waals surface area contributed by atoms with E-state index in [2.05, 4.69) is 29.6 Å². The fourth-order valence-electron chi connectivity index (χ4n) is 5.47. The molecule has 0 aliphatic heterocycles. The lowest BCUT2D eigenvalue weighted by Gasteiger charge is -2.26. The molecule has 3 aromatic carbocycles. The summed E-state index contributed by atoms with van der Waals surface area (Å²) in [5, 5.41) is 19.1. The van der Waals surface area contributed by atoms with Gasteiger partial charge in [0, 0.05) is 12.4 Å². The molecule has 0 saturated heterocycles. The first-order chi connectivity index (χ1) is 31.5. The van der Waals surface area contributed by atoms with E-state index in [9.17, 15) is 38.2 Å². The first-order valence-corrected chi connectivity index (χ1v) is 21.0. The molecule has 0 unspecified atom stereocenters. The predicted octanol–water partition coefficient (Wildman–Crippen LogP) is 6.63. The fourth-order valence-corrected chi connectivity index (χ4v) is 6.75. The van der Waals surface area contributed by atoms with E-state index in [-0.39, 0.29) is 65.3 Å². The zero-order valence-electron chi connectivity index (χ0n) is 35.8. The summed E-state index contributed by atoms with van der Waals surface area (Å²) in [7, 11) is -3.41. The van der Waals surface area contributed by atoms with Gasteiger partial charge in [0.15, 0.2) is 29.9 Å². The lowest BCUT2D eigenvalue weighted by atomic mass is 9.87. The van der Waals surface area contributed by atoms with Crippen LogP contribution >= 0.6 is 0 Å². The van der Waals surface area contributed by atoms with Crippen molar-refractivity contribution in [3.8, 4) is 40.5 Å². The molecule has 0 aliphatic carbocycles. The number of anilines is 1. The highest BCUT2D eigenvalue weighted by molar-refractivity contribution is 7.92. The Morgan fingerprint density at radius 1 is 0.742 bits per heavy atom. The number of para-hydroxylation sites is 2. The molecule has 2 aromatic heterocycles.